The third kappa shape index (κ3) is 3.27. The Kier molecular flexibility index (Phi) is 4.45. The van der Waals surface area contributed by atoms with Crippen LogP contribution in [0.1, 0.15) is 32.1 Å². The second-order valence-electron chi connectivity index (χ2n) is 7.18. The van der Waals surface area contributed by atoms with Gasteiger partial charge in [0, 0.05) is 43.2 Å². The van der Waals surface area contributed by atoms with Crippen LogP contribution in [0.5, 0.6) is 0 Å². The molecule has 0 unspecified atom stereocenters. The van der Waals surface area contributed by atoms with Crippen molar-refractivity contribution in [3.8, 4) is 0 Å². The minimum Gasteiger partial charge on any atom is -0.334 e. The molecule has 3 amide bonds. The predicted molar refractivity (Wildman–Crippen MR) is 92.9 cm³/mol. The SMILES string of the molecule is O=C(Nc1nccs1)C1CCN(C(=O)C(=O)N2C[C@H]3CC[C@@H]2C3)CC1. The highest BCUT2D eigenvalue weighted by molar-refractivity contribution is 7.13. The molecule has 4 rings (SSSR count). The minimum atomic E-state index is -0.397. The van der Waals surface area contributed by atoms with E-state index in [2.05, 4.69) is 10.3 Å². The molecule has 3 fully saturated rings. The van der Waals surface area contributed by atoms with Crippen molar-refractivity contribution in [3.63, 3.8) is 0 Å². The van der Waals surface area contributed by atoms with Crippen LogP contribution in [0, 0.1) is 11.8 Å². The molecule has 3 heterocycles. The zero-order valence-electron chi connectivity index (χ0n) is 14.0. The lowest BCUT2D eigenvalue weighted by Gasteiger charge is -2.33. The molecule has 8 heteroatoms. The number of carbonyl (C=O) groups excluding carboxylic acids is 3. The van der Waals surface area contributed by atoms with E-state index in [0.717, 1.165) is 19.4 Å². The van der Waals surface area contributed by atoms with E-state index < -0.39 is 5.91 Å². The number of nitrogens with zero attached hydrogens (tertiary/aromatic N) is 3. The average molecular weight is 362 g/mol. The zero-order valence-corrected chi connectivity index (χ0v) is 14.8. The first kappa shape index (κ1) is 16.5. The summed E-state index contributed by atoms with van der Waals surface area (Å²) < 4.78 is 0. The van der Waals surface area contributed by atoms with Gasteiger partial charge in [0.25, 0.3) is 0 Å². The fourth-order valence-corrected chi connectivity index (χ4v) is 4.80. The smallest absolute Gasteiger partial charge is 0.312 e. The van der Waals surface area contributed by atoms with Gasteiger partial charge in [0.1, 0.15) is 0 Å². The van der Waals surface area contributed by atoms with Crippen LogP contribution < -0.4 is 5.32 Å². The fourth-order valence-electron chi connectivity index (χ4n) is 4.27. The number of hydrogen-bond donors (Lipinski definition) is 1. The van der Waals surface area contributed by atoms with Crippen molar-refractivity contribution < 1.29 is 14.4 Å². The Morgan fingerprint density at radius 2 is 1.92 bits per heavy atom. The number of carbonyl (C=O) groups is 3. The van der Waals surface area contributed by atoms with Gasteiger partial charge in [0.15, 0.2) is 5.13 Å². The molecule has 7 nitrogen and oxygen atoms in total. The van der Waals surface area contributed by atoms with Gasteiger partial charge in [-0.2, -0.15) is 0 Å². The van der Waals surface area contributed by atoms with E-state index in [1.807, 2.05) is 5.38 Å². The predicted octanol–water partition coefficient (Wildman–Crippen LogP) is 1.33. The van der Waals surface area contributed by atoms with Crippen molar-refractivity contribution in [2.75, 3.05) is 25.0 Å². The van der Waals surface area contributed by atoms with Crippen molar-refractivity contribution in [2.45, 2.75) is 38.1 Å². The molecule has 1 saturated carbocycles. The molecule has 0 spiro atoms. The molecule has 1 aliphatic carbocycles. The highest BCUT2D eigenvalue weighted by Crippen LogP contribution is 2.37. The standard InChI is InChI=1S/C17H22N4O3S/c22-14(19-17-18-5-8-25-17)12-3-6-20(7-4-12)15(23)16(24)21-10-11-1-2-13(21)9-11/h5,8,11-13H,1-4,6-7,9-10H2,(H,18,19,22)/t11-,13+/m0/s1. The van der Waals surface area contributed by atoms with Crippen LogP contribution in [-0.4, -0.2) is 58.2 Å². The number of fused-ring (bicyclic) bond motifs is 2. The van der Waals surface area contributed by atoms with Crippen LogP contribution >= 0.6 is 11.3 Å². The van der Waals surface area contributed by atoms with Crippen LogP contribution in [0.3, 0.4) is 0 Å². The summed E-state index contributed by atoms with van der Waals surface area (Å²) in [5.74, 6) is -0.345. The van der Waals surface area contributed by atoms with E-state index in [1.165, 1.54) is 17.8 Å². The molecular formula is C17H22N4O3S. The molecule has 2 saturated heterocycles. The van der Waals surface area contributed by atoms with Crippen LogP contribution in [0.4, 0.5) is 5.13 Å². The monoisotopic (exact) mass is 362 g/mol. The van der Waals surface area contributed by atoms with Gasteiger partial charge in [-0.05, 0) is 38.0 Å². The number of nitrogens with one attached hydrogen (secondary N) is 1. The summed E-state index contributed by atoms with van der Waals surface area (Å²) in [6.07, 6.45) is 6.09. The lowest BCUT2D eigenvalue weighted by atomic mass is 9.96. The Morgan fingerprint density at radius 3 is 2.52 bits per heavy atom. The third-order valence-corrected chi connectivity index (χ3v) is 6.36. The second kappa shape index (κ2) is 6.74. The van der Waals surface area contributed by atoms with Crippen molar-refractivity contribution in [1.29, 1.82) is 0 Å². The molecule has 0 aromatic carbocycles. The summed E-state index contributed by atoms with van der Waals surface area (Å²) in [5.41, 5.74) is 0. The maximum Gasteiger partial charge on any atom is 0.312 e. The first-order valence-electron chi connectivity index (χ1n) is 8.92. The van der Waals surface area contributed by atoms with E-state index in [0.29, 0.717) is 37.0 Å². The third-order valence-electron chi connectivity index (χ3n) is 5.67. The van der Waals surface area contributed by atoms with Gasteiger partial charge in [-0.3, -0.25) is 14.4 Å². The summed E-state index contributed by atoms with van der Waals surface area (Å²) in [6, 6.07) is 0.267. The van der Waals surface area contributed by atoms with Crippen LogP contribution in [-0.2, 0) is 14.4 Å². The molecular weight excluding hydrogens is 340 g/mol. The second-order valence-corrected chi connectivity index (χ2v) is 8.08. The van der Waals surface area contributed by atoms with Crippen LogP contribution in [0.25, 0.3) is 0 Å². The molecule has 2 bridgehead atoms. The van der Waals surface area contributed by atoms with Gasteiger partial charge < -0.3 is 15.1 Å². The van der Waals surface area contributed by atoms with Crippen molar-refractivity contribution in [1.82, 2.24) is 14.8 Å². The molecule has 1 N–H and O–H groups in total. The molecule has 2 aliphatic heterocycles. The largest absolute Gasteiger partial charge is 0.334 e. The zero-order chi connectivity index (χ0) is 17.4. The van der Waals surface area contributed by atoms with Gasteiger partial charge in [-0.1, -0.05) is 0 Å². The van der Waals surface area contributed by atoms with E-state index in [-0.39, 0.29) is 23.8 Å². The van der Waals surface area contributed by atoms with Crippen molar-refractivity contribution >= 4 is 34.2 Å². The molecule has 3 aliphatic rings. The molecule has 0 radical (unpaired) electrons. The summed E-state index contributed by atoms with van der Waals surface area (Å²) in [7, 11) is 0. The summed E-state index contributed by atoms with van der Waals surface area (Å²) >= 11 is 1.39. The van der Waals surface area contributed by atoms with Gasteiger partial charge in [0.2, 0.25) is 5.91 Å². The number of anilines is 1. The molecule has 25 heavy (non-hydrogen) atoms. The number of likely N-dealkylation sites (tertiary alicyclic amines) is 2. The fraction of sp³-hybridized carbons (Fsp3) is 0.647. The number of rotatable bonds is 2. The number of aromatic nitrogens is 1. The van der Waals surface area contributed by atoms with E-state index in [1.54, 1.807) is 16.0 Å². The Bertz CT molecular complexity index is 669. The highest BCUT2D eigenvalue weighted by atomic mass is 32.1. The maximum atomic E-state index is 12.5. The lowest BCUT2D eigenvalue weighted by Crippen LogP contribution is -2.50. The van der Waals surface area contributed by atoms with E-state index >= 15 is 0 Å². The van der Waals surface area contributed by atoms with Gasteiger partial charge in [0.05, 0.1) is 0 Å². The Labute approximate surface area is 150 Å². The normalized spacial score (nSPS) is 26.1. The quantitative estimate of drug-likeness (QED) is 0.805. The van der Waals surface area contributed by atoms with E-state index in [4.69, 9.17) is 0 Å². The highest BCUT2D eigenvalue weighted by Gasteiger charge is 2.43. The average Bonchev–Trinajstić information content (AvgIpc) is 3.38. The van der Waals surface area contributed by atoms with Crippen LogP contribution in [0.15, 0.2) is 11.6 Å². The molecule has 1 aromatic rings. The Morgan fingerprint density at radius 1 is 1.12 bits per heavy atom. The molecule has 2 atom stereocenters. The lowest BCUT2D eigenvalue weighted by molar-refractivity contribution is -0.153. The number of thiazole rings is 1. The number of amides is 3. The molecule has 134 valence electrons. The Balaban J connectivity index is 1.28. The summed E-state index contributed by atoms with van der Waals surface area (Å²) in [6.45, 7) is 1.66. The topological polar surface area (TPSA) is 82.6 Å². The minimum absolute atomic E-state index is 0.0507. The Hall–Kier alpha value is -1.96. The summed E-state index contributed by atoms with van der Waals surface area (Å²) in [5, 5.41) is 5.22. The summed E-state index contributed by atoms with van der Waals surface area (Å²) in [4.78, 5) is 44.7. The first-order valence-corrected chi connectivity index (χ1v) is 9.80. The first-order chi connectivity index (χ1) is 12.1. The van der Waals surface area contributed by atoms with Gasteiger partial charge in [-0.15, -0.1) is 11.3 Å². The number of hydrogen-bond acceptors (Lipinski definition) is 5. The van der Waals surface area contributed by atoms with E-state index in [9.17, 15) is 14.4 Å². The van der Waals surface area contributed by atoms with Crippen LogP contribution in [0.2, 0.25) is 0 Å². The maximum absolute atomic E-state index is 12.5. The van der Waals surface area contributed by atoms with Gasteiger partial charge in [-0.25, -0.2) is 4.98 Å². The van der Waals surface area contributed by atoms with Crippen molar-refractivity contribution in [2.24, 2.45) is 11.8 Å². The molecule has 1 aromatic heterocycles. The van der Waals surface area contributed by atoms with Gasteiger partial charge >= 0.3 is 11.8 Å². The number of piperidine rings is 2. The van der Waals surface area contributed by atoms with Crippen molar-refractivity contribution in [3.05, 3.63) is 11.6 Å².